The first-order valence-electron chi connectivity index (χ1n) is 8.31. The fraction of sp³-hybridized carbons (Fsp3) is 0.350. The van der Waals surface area contributed by atoms with Gasteiger partial charge in [-0.15, -0.1) is 0 Å². The molecule has 0 N–H and O–H groups in total. The van der Waals surface area contributed by atoms with Crippen LogP contribution in [0.5, 0.6) is 0 Å². The van der Waals surface area contributed by atoms with E-state index in [0.29, 0.717) is 6.54 Å². The lowest BCUT2D eigenvalue weighted by Gasteiger charge is -2.34. The van der Waals surface area contributed by atoms with Crippen LogP contribution in [-0.2, 0) is 4.43 Å². The first-order chi connectivity index (χ1) is 11.5. The fourth-order valence-corrected chi connectivity index (χ4v) is 5.51. The lowest BCUT2D eigenvalue weighted by molar-refractivity contribution is 0.0838. The van der Waals surface area contributed by atoms with E-state index in [1.54, 1.807) is 0 Å². The molecule has 1 atom stereocenters. The van der Waals surface area contributed by atoms with Gasteiger partial charge in [0, 0.05) is 0 Å². The topological polar surface area (TPSA) is 21.6 Å². The van der Waals surface area contributed by atoms with E-state index in [2.05, 4.69) is 104 Å². The van der Waals surface area contributed by atoms with Crippen LogP contribution < -0.4 is 10.4 Å². The van der Waals surface area contributed by atoms with Gasteiger partial charge in [0.25, 0.3) is 0 Å². The minimum absolute atomic E-state index is 0.0474. The molecule has 0 aliphatic carbocycles. The molecule has 0 heterocycles. The molecule has 2 aromatic carbocycles. The number of isothiocyanates is 1. The van der Waals surface area contributed by atoms with Crippen LogP contribution >= 0.6 is 12.2 Å². The van der Waals surface area contributed by atoms with E-state index in [4.69, 9.17) is 4.43 Å². The second kappa shape index (κ2) is 9.05. The largest absolute Gasteiger partial charge is 0.407 e. The third-order valence-electron chi connectivity index (χ3n) is 4.04. The lowest BCUT2D eigenvalue weighted by Crippen LogP contribution is -2.49. The molecule has 0 aliphatic heterocycles. The summed E-state index contributed by atoms with van der Waals surface area (Å²) in [5.74, 6) is 0. The zero-order valence-corrected chi connectivity index (χ0v) is 16.6. The van der Waals surface area contributed by atoms with Crippen LogP contribution in [-0.4, -0.2) is 26.9 Å². The summed E-state index contributed by atoms with van der Waals surface area (Å²) >= 11 is 4.69. The van der Waals surface area contributed by atoms with Crippen LogP contribution in [0.25, 0.3) is 0 Å². The minimum Gasteiger partial charge on any atom is -0.407 e. The Morgan fingerprint density at radius 1 is 1.00 bits per heavy atom. The Labute approximate surface area is 152 Å². The summed E-state index contributed by atoms with van der Waals surface area (Å²) in [7, 11) is -1.75. The molecule has 0 aliphatic rings. The highest BCUT2D eigenvalue weighted by atomic mass is 32.1. The standard InChI is InChI=1S/C20H25NOSSi/c1-20(2,3)19(14-15-21-16-23)22-24(17-10-6-4-7-11-17)18-12-8-5-9-13-18/h4-13,19,24H,14-15H2,1-3H3. The summed E-state index contributed by atoms with van der Waals surface area (Å²) in [5, 5.41) is 5.06. The van der Waals surface area contributed by atoms with Gasteiger partial charge in [-0.2, -0.15) is 0 Å². The molecule has 24 heavy (non-hydrogen) atoms. The number of rotatable bonds is 7. The van der Waals surface area contributed by atoms with Crippen molar-refractivity contribution in [1.82, 2.24) is 0 Å². The number of benzene rings is 2. The van der Waals surface area contributed by atoms with Crippen molar-refractivity contribution in [3.8, 4) is 0 Å². The summed E-state index contributed by atoms with van der Waals surface area (Å²) in [6.45, 7) is 7.33. The molecule has 0 aromatic heterocycles. The fourth-order valence-electron chi connectivity index (χ4n) is 2.70. The van der Waals surface area contributed by atoms with Crippen LogP contribution in [0.15, 0.2) is 65.7 Å². The van der Waals surface area contributed by atoms with Crippen molar-refractivity contribution in [2.75, 3.05) is 6.54 Å². The highest BCUT2D eigenvalue weighted by molar-refractivity contribution is 7.78. The molecule has 2 rings (SSSR count). The zero-order chi connectivity index (χ0) is 17.4. The van der Waals surface area contributed by atoms with E-state index in [-0.39, 0.29) is 11.5 Å². The van der Waals surface area contributed by atoms with E-state index >= 15 is 0 Å². The summed E-state index contributed by atoms with van der Waals surface area (Å²) in [6.07, 6.45) is 0.984. The van der Waals surface area contributed by atoms with Crippen molar-refractivity contribution in [2.24, 2.45) is 10.4 Å². The summed E-state index contributed by atoms with van der Waals surface area (Å²) < 4.78 is 6.75. The average molecular weight is 356 g/mol. The van der Waals surface area contributed by atoms with Gasteiger partial charge in [0.05, 0.1) is 17.8 Å². The third-order valence-corrected chi connectivity index (χ3v) is 6.75. The summed E-state index contributed by atoms with van der Waals surface area (Å²) in [5.41, 5.74) is 0.0474. The highest BCUT2D eigenvalue weighted by Gasteiger charge is 2.30. The second-order valence-electron chi connectivity index (χ2n) is 6.95. The molecule has 0 amide bonds. The van der Waals surface area contributed by atoms with Crippen molar-refractivity contribution in [2.45, 2.75) is 33.3 Å². The Morgan fingerprint density at radius 3 is 1.92 bits per heavy atom. The molecule has 0 spiro atoms. The van der Waals surface area contributed by atoms with Crippen LogP contribution in [0.3, 0.4) is 0 Å². The number of hydrogen-bond acceptors (Lipinski definition) is 3. The molecule has 0 saturated heterocycles. The van der Waals surface area contributed by atoms with Crippen molar-refractivity contribution in [3.63, 3.8) is 0 Å². The summed E-state index contributed by atoms with van der Waals surface area (Å²) in [6, 6.07) is 21.2. The third kappa shape index (κ3) is 5.50. The molecule has 0 fully saturated rings. The predicted molar refractivity (Wildman–Crippen MR) is 108 cm³/mol. The molecule has 0 bridgehead atoms. The van der Waals surface area contributed by atoms with Gasteiger partial charge in [-0.05, 0) is 34.4 Å². The quantitative estimate of drug-likeness (QED) is 0.431. The predicted octanol–water partition coefficient (Wildman–Crippen LogP) is 3.45. The van der Waals surface area contributed by atoms with Gasteiger partial charge in [-0.1, -0.05) is 81.4 Å². The van der Waals surface area contributed by atoms with Gasteiger partial charge in [-0.3, -0.25) is 0 Å². The first-order valence-corrected chi connectivity index (χ1v) is 10.3. The van der Waals surface area contributed by atoms with Crippen LogP contribution in [0.1, 0.15) is 27.2 Å². The Hall–Kier alpha value is -1.58. The molecule has 4 heteroatoms. The van der Waals surface area contributed by atoms with Crippen molar-refractivity contribution < 1.29 is 4.43 Å². The molecule has 0 radical (unpaired) electrons. The number of hydrogen-bond donors (Lipinski definition) is 0. The number of thiocarbonyl (C=S) groups is 1. The smallest absolute Gasteiger partial charge is 0.240 e. The zero-order valence-electron chi connectivity index (χ0n) is 14.6. The molecule has 0 saturated carbocycles. The maximum Gasteiger partial charge on any atom is 0.240 e. The van der Waals surface area contributed by atoms with Gasteiger partial charge >= 0.3 is 0 Å². The molecule has 126 valence electrons. The van der Waals surface area contributed by atoms with E-state index in [1.807, 2.05) is 0 Å². The maximum absolute atomic E-state index is 6.75. The van der Waals surface area contributed by atoms with E-state index < -0.39 is 9.04 Å². The van der Waals surface area contributed by atoms with E-state index in [9.17, 15) is 0 Å². The maximum atomic E-state index is 6.75. The highest BCUT2D eigenvalue weighted by Crippen LogP contribution is 2.25. The van der Waals surface area contributed by atoms with Gasteiger partial charge in [0.2, 0.25) is 9.04 Å². The van der Waals surface area contributed by atoms with Crippen LogP contribution in [0.2, 0.25) is 0 Å². The van der Waals surface area contributed by atoms with E-state index in [0.717, 1.165) is 6.42 Å². The Balaban J connectivity index is 2.30. The Morgan fingerprint density at radius 2 is 1.50 bits per heavy atom. The van der Waals surface area contributed by atoms with Crippen molar-refractivity contribution in [1.29, 1.82) is 0 Å². The number of nitrogens with zero attached hydrogens (tertiary/aromatic N) is 1. The molecule has 2 nitrogen and oxygen atoms in total. The first kappa shape index (κ1) is 18.8. The summed E-state index contributed by atoms with van der Waals surface area (Å²) in [4.78, 5) is 4.08. The van der Waals surface area contributed by atoms with Crippen molar-refractivity contribution >= 4 is 36.8 Å². The van der Waals surface area contributed by atoms with Gasteiger partial charge < -0.3 is 4.43 Å². The van der Waals surface area contributed by atoms with Crippen LogP contribution in [0.4, 0.5) is 0 Å². The Bertz CT molecular complexity index is 624. The lowest BCUT2D eigenvalue weighted by atomic mass is 9.87. The second-order valence-corrected chi connectivity index (χ2v) is 9.50. The molecule has 2 aromatic rings. The SMILES string of the molecule is CC(C)(C)C(CCN=C=S)O[SiH](c1ccccc1)c1ccccc1. The molecular formula is C20H25NOSSi. The Kier molecular flexibility index (Phi) is 7.07. The van der Waals surface area contributed by atoms with Crippen LogP contribution in [0, 0.1) is 5.41 Å². The molecule has 1 unspecified atom stereocenters. The normalized spacial score (nSPS) is 12.7. The monoisotopic (exact) mass is 355 g/mol. The number of aliphatic imine (C=N–C) groups is 1. The minimum atomic E-state index is -1.75. The van der Waals surface area contributed by atoms with Gasteiger partial charge in [0.1, 0.15) is 0 Å². The average Bonchev–Trinajstić information content (AvgIpc) is 2.58. The van der Waals surface area contributed by atoms with E-state index in [1.165, 1.54) is 10.4 Å². The van der Waals surface area contributed by atoms with Gasteiger partial charge in [-0.25, -0.2) is 4.99 Å². The van der Waals surface area contributed by atoms with Gasteiger partial charge in [0.15, 0.2) is 0 Å². The van der Waals surface area contributed by atoms with Crippen molar-refractivity contribution in [3.05, 3.63) is 60.7 Å². The molecular weight excluding hydrogens is 330 g/mol.